The second-order valence-electron chi connectivity index (χ2n) is 8.54. The van der Waals surface area contributed by atoms with Gasteiger partial charge in [0.05, 0.1) is 17.8 Å². The first-order chi connectivity index (χ1) is 16.1. The Morgan fingerprint density at radius 2 is 1.97 bits per heavy atom. The van der Waals surface area contributed by atoms with Crippen molar-refractivity contribution in [2.45, 2.75) is 32.4 Å². The topological polar surface area (TPSA) is 67.2 Å². The molecule has 6 nitrogen and oxygen atoms in total. The molecule has 0 radical (unpaired) electrons. The maximum atomic E-state index is 13.2. The van der Waals surface area contributed by atoms with E-state index < -0.39 is 0 Å². The molecule has 1 N–H and O–H groups in total. The number of aromatic nitrogens is 2. The van der Waals surface area contributed by atoms with Crippen LogP contribution in [-0.4, -0.2) is 40.0 Å². The van der Waals surface area contributed by atoms with Gasteiger partial charge >= 0.3 is 0 Å². The van der Waals surface area contributed by atoms with Gasteiger partial charge < -0.3 is 5.32 Å². The van der Waals surface area contributed by atoms with Crippen molar-refractivity contribution < 1.29 is 4.79 Å². The Morgan fingerprint density at radius 1 is 1.18 bits per heavy atom. The zero-order valence-electron chi connectivity index (χ0n) is 18.4. The van der Waals surface area contributed by atoms with Crippen LogP contribution in [0, 0.1) is 5.92 Å². The number of thiophene rings is 3. The van der Waals surface area contributed by atoms with Gasteiger partial charge in [0.25, 0.3) is 5.56 Å². The van der Waals surface area contributed by atoms with Crippen molar-refractivity contribution in [3.8, 4) is 10.4 Å². The fraction of sp³-hybridized carbons (Fsp3) is 0.375. The normalized spacial score (nSPS) is 16.3. The number of hydrogen-bond acceptors (Lipinski definition) is 7. The summed E-state index contributed by atoms with van der Waals surface area (Å²) in [5, 5.41) is 9.73. The lowest BCUT2D eigenvalue weighted by Gasteiger charge is -2.36. The van der Waals surface area contributed by atoms with E-state index in [1.165, 1.54) is 39.9 Å². The van der Waals surface area contributed by atoms with Gasteiger partial charge in [-0.2, -0.15) is 0 Å². The number of amides is 1. The summed E-state index contributed by atoms with van der Waals surface area (Å²) in [7, 11) is 0. The third-order valence-electron chi connectivity index (χ3n) is 6.28. The van der Waals surface area contributed by atoms with Crippen molar-refractivity contribution in [1.82, 2.24) is 19.8 Å². The number of fused-ring (bicyclic) bond motifs is 1. The molecule has 0 aromatic carbocycles. The highest BCUT2D eigenvalue weighted by Gasteiger charge is 2.26. The van der Waals surface area contributed by atoms with Crippen LogP contribution in [0.2, 0.25) is 0 Å². The molecule has 1 amide bonds. The van der Waals surface area contributed by atoms with E-state index in [1.807, 2.05) is 22.9 Å². The first-order valence-electron chi connectivity index (χ1n) is 11.1. The molecule has 1 saturated heterocycles. The van der Waals surface area contributed by atoms with E-state index in [2.05, 4.69) is 39.6 Å². The fourth-order valence-electron chi connectivity index (χ4n) is 4.35. The van der Waals surface area contributed by atoms with Crippen LogP contribution < -0.4 is 10.9 Å². The number of carbonyl (C=O) groups excluding carboxylic acids is 1. The van der Waals surface area contributed by atoms with E-state index in [4.69, 9.17) is 0 Å². The van der Waals surface area contributed by atoms with Gasteiger partial charge in [-0.3, -0.25) is 19.1 Å². The predicted octanol–water partition coefficient (Wildman–Crippen LogP) is 4.84. The molecule has 0 spiro atoms. The number of likely N-dealkylation sites (tertiary alicyclic amines) is 1. The lowest BCUT2D eigenvalue weighted by atomic mass is 9.97. The lowest BCUT2D eigenvalue weighted by Crippen LogP contribution is -2.42. The minimum absolute atomic E-state index is 0.0320. The summed E-state index contributed by atoms with van der Waals surface area (Å²) in [5.41, 5.74) is 0.731. The summed E-state index contributed by atoms with van der Waals surface area (Å²) in [4.78, 5) is 36.0. The lowest BCUT2D eigenvalue weighted by molar-refractivity contribution is -0.122. The quantitative estimate of drug-likeness (QED) is 0.396. The first-order valence-corrected chi connectivity index (χ1v) is 13.8. The number of carbonyl (C=O) groups is 1. The van der Waals surface area contributed by atoms with E-state index in [9.17, 15) is 9.59 Å². The second kappa shape index (κ2) is 9.89. The third-order valence-corrected chi connectivity index (χ3v) is 9.05. The average Bonchev–Trinajstić information content (AvgIpc) is 3.59. The van der Waals surface area contributed by atoms with Crippen LogP contribution in [0.25, 0.3) is 20.7 Å². The van der Waals surface area contributed by atoms with Crippen LogP contribution >= 0.6 is 34.0 Å². The van der Waals surface area contributed by atoms with Crippen molar-refractivity contribution in [3.05, 3.63) is 62.0 Å². The second-order valence-corrected chi connectivity index (χ2v) is 11.3. The third kappa shape index (κ3) is 4.82. The average molecular weight is 499 g/mol. The molecule has 0 saturated carbocycles. The zero-order chi connectivity index (χ0) is 22.8. The van der Waals surface area contributed by atoms with Gasteiger partial charge in [-0.05, 0) is 54.7 Å². The van der Waals surface area contributed by atoms with E-state index in [0.29, 0.717) is 16.8 Å². The SMILES string of the molecule is CC1CCN([C@@H](CNC(=O)Cn2cnc3scc(-c4cccs4)c3c2=O)c2cccs2)CC1. The van der Waals surface area contributed by atoms with Crippen LogP contribution in [0.3, 0.4) is 0 Å². The molecule has 1 atom stereocenters. The van der Waals surface area contributed by atoms with E-state index in [1.54, 1.807) is 22.7 Å². The molecule has 1 aliphatic heterocycles. The Bertz CT molecular complexity index is 1270. The van der Waals surface area contributed by atoms with Gasteiger partial charge in [-0.25, -0.2) is 4.98 Å². The Morgan fingerprint density at radius 3 is 2.70 bits per heavy atom. The molecule has 5 rings (SSSR count). The van der Waals surface area contributed by atoms with Crippen molar-refractivity contribution >= 4 is 50.1 Å². The van der Waals surface area contributed by atoms with Gasteiger partial charge in [-0.15, -0.1) is 34.0 Å². The summed E-state index contributed by atoms with van der Waals surface area (Å²) in [6, 6.07) is 8.35. The molecular formula is C24H26N4O2S3. The smallest absolute Gasteiger partial charge is 0.263 e. The number of nitrogens with one attached hydrogen (secondary N) is 1. The van der Waals surface area contributed by atoms with E-state index in [-0.39, 0.29) is 24.1 Å². The summed E-state index contributed by atoms with van der Waals surface area (Å²) in [6.45, 7) is 4.90. The Balaban J connectivity index is 1.31. The fourth-order valence-corrected chi connectivity index (χ4v) is 6.93. The number of hydrogen-bond donors (Lipinski definition) is 1. The highest BCUT2D eigenvalue weighted by atomic mass is 32.1. The molecule has 5 heterocycles. The van der Waals surface area contributed by atoms with Gasteiger partial charge in [0.15, 0.2) is 0 Å². The molecule has 0 aliphatic carbocycles. The molecule has 0 unspecified atom stereocenters. The van der Waals surface area contributed by atoms with Crippen LogP contribution in [0.5, 0.6) is 0 Å². The van der Waals surface area contributed by atoms with Crippen molar-refractivity contribution in [2.24, 2.45) is 5.92 Å². The summed E-state index contributed by atoms with van der Waals surface area (Å²) in [6.07, 6.45) is 3.86. The summed E-state index contributed by atoms with van der Waals surface area (Å²) in [5.74, 6) is 0.586. The van der Waals surface area contributed by atoms with E-state index in [0.717, 1.165) is 29.4 Å². The summed E-state index contributed by atoms with van der Waals surface area (Å²) >= 11 is 4.79. The van der Waals surface area contributed by atoms with Crippen LogP contribution in [0.1, 0.15) is 30.7 Å². The molecule has 0 bridgehead atoms. The van der Waals surface area contributed by atoms with Gasteiger partial charge in [0.1, 0.15) is 11.4 Å². The molecule has 33 heavy (non-hydrogen) atoms. The Hall–Kier alpha value is -2.33. The molecule has 4 aromatic heterocycles. The van der Waals surface area contributed by atoms with Crippen LogP contribution in [0.15, 0.2) is 51.5 Å². The summed E-state index contributed by atoms with van der Waals surface area (Å²) < 4.78 is 1.42. The van der Waals surface area contributed by atoms with E-state index >= 15 is 0 Å². The maximum Gasteiger partial charge on any atom is 0.263 e. The van der Waals surface area contributed by atoms with Gasteiger partial charge in [0, 0.05) is 27.2 Å². The first kappa shape index (κ1) is 22.5. The highest BCUT2D eigenvalue weighted by molar-refractivity contribution is 7.18. The molecule has 1 aliphatic rings. The molecular weight excluding hydrogens is 472 g/mol. The van der Waals surface area contributed by atoms with Crippen molar-refractivity contribution in [1.29, 1.82) is 0 Å². The Kier molecular flexibility index (Phi) is 6.73. The highest BCUT2D eigenvalue weighted by Crippen LogP contribution is 2.33. The van der Waals surface area contributed by atoms with Crippen molar-refractivity contribution in [3.63, 3.8) is 0 Å². The standard InChI is InChI=1S/C24H26N4O2S3/c1-16-6-8-27(9-7-16)18(20-5-3-11-32-20)12-25-21(29)13-28-15-26-23-22(24(28)30)17(14-33-23)19-4-2-10-31-19/h2-5,10-11,14-16,18H,6-9,12-13H2,1H3,(H,25,29)/t18-/m0/s1. The maximum absolute atomic E-state index is 13.2. The van der Waals surface area contributed by atoms with Gasteiger partial charge in [0.2, 0.25) is 5.91 Å². The minimum Gasteiger partial charge on any atom is -0.353 e. The zero-order valence-corrected chi connectivity index (χ0v) is 20.8. The molecule has 172 valence electrons. The number of rotatable bonds is 7. The predicted molar refractivity (Wildman–Crippen MR) is 137 cm³/mol. The number of nitrogens with zero attached hydrogens (tertiary/aromatic N) is 3. The van der Waals surface area contributed by atoms with Crippen molar-refractivity contribution in [2.75, 3.05) is 19.6 Å². The molecule has 9 heteroatoms. The Labute approximate surface area is 204 Å². The molecule has 4 aromatic rings. The molecule has 1 fully saturated rings. The van der Waals surface area contributed by atoms with Crippen LogP contribution in [-0.2, 0) is 11.3 Å². The van der Waals surface area contributed by atoms with Gasteiger partial charge in [-0.1, -0.05) is 19.1 Å². The van der Waals surface area contributed by atoms with Crippen LogP contribution in [0.4, 0.5) is 0 Å². The monoisotopic (exact) mass is 498 g/mol. The largest absolute Gasteiger partial charge is 0.353 e. The minimum atomic E-state index is -0.168. The number of piperidine rings is 1.